The van der Waals surface area contributed by atoms with Gasteiger partial charge in [0.1, 0.15) is 0 Å². The molecule has 0 rings (SSSR count). The van der Waals surface area contributed by atoms with E-state index in [4.69, 9.17) is 5.11 Å². The van der Waals surface area contributed by atoms with Gasteiger partial charge in [-0.25, -0.2) is 4.79 Å². The van der Waals surface area contributed by atoms with E-state index in [1.807, 2.05) is 22.6 Å². The lowest BCUT2D eigenvalue weighted by Gasteiger charge is -1.92. The molecule has 0 fully saturated rings. The maximum absolute atomic E-state index is 9.95. The van der Waals surface area contributed by atoms with Crippen molar-refractivity contribution in [2.24, 2.45) is 0 Å². The van der Waals surface area contributed by atoms with Crippen molar-refractivity contribution >= 4 is 28.6 Å². The minimum atomic E-state index is -0.934. The van der Waals surface area contributed by atoms with Crippen molar-refractivity contribution < 1.29 is 14.6 Å². The number of aliphatic carboxylic acids is 1. The third-order valence-corrected chi connectivity index (χ3v) is 1.19. The fraction of sp³-hybridized carbons (Fsp3) is 0.400. The molecule has 0 bridgehead atoms. The van der Waals surface area contributed by atoms with Gasteiger partial charge in [0, 0.05) is 16.8 Å². The molecule has 0 aromatic heterocycles. The summed E-state index contributed by atoms with van der Waals surface area (Å²) in [7, 11) is 1.52. The lowest BCUT2D eigenvalue weighted by atomic mass is 10.5. The minimum absolute atomic E-state index is 0.368. The molecule has 0 atom stereocenters. The molecular formula is C5H7IO3. The Morgan fingerprint density at radius 2 is 2.44 bits per heavy atom. The molecule has 0 aromatic rings. The first-order valence-corrected chi connectivity index (χ1v) is 3.32. The Labute approximate surface area is 66.8 Å². The molecule has 0 unspecified atom stereocenters. The van der Waals surface area contributed by atoms with Crippen molar-refractivity contribution in [2.75, 3.05) is 13.7 Å². The van der Waals surface area contributed by atoms with Gasteiger partial charge >= 0.3 is 5.97 Å². The van der Waals surface area contributed by atoms with Gasteiger partial charge in [-0.3, -0.25) is 0 Å². The van der Waals surface area contributed by atoms with Crippen LogP contribution in [0.1, 0.15) is 0 Å². The monoisotopic (exact) mass is 242 g/mol. The summed E-state index contributed by atoms with van der Waals surface area (Å²) in [5.41, 5.74) is 0. The van der Waals surface area contributed by atoms with E-state index in [2.05, 4.69) is 4.74 Å². The van der Waals surface area contributed by atoms with Gasteiger partial charge in [-0.1, -0.05) is 0 Å². The first-order chi connectivity index (χ1) is 4.16. The first kappa shape index (κ1) is 8.90. The van der Waals surface area contributed by atoms with Crippen LogP contribution in [-0.2, 0) is 9.53 Å². The van der Waals surface area contributed by atoms with E-state index in [0.29, 0.717) is 10.2 Å². The van der Waals surface area contributed by atoms with E-state index < -0.39 is 5.97 Å². The molecule has 0 aromatic carbocycles. The molecule has 3 nitrogen and oxygen atoms in total. The maximum atomic E-state index is 9.95. The van der Waals surface area contributed by atoms with Crippen LogP contribution in [0, 0.1) is 0 Å². The maximum Gasteiger partial charge on any atom is 0.329 e. The largest absolute Gasteiger partial charge is 0.478 e. The lowest BCUT2D eigenvalue weighted by Crippen LogP contribution is -1.92. The van der Waals surface area contributed by atoms with Crippen molar-refractivity contribution in [3.05, 3.63) is 9.66 Å². The number of carboxylic acids is 1. The van der Waals surface area contributed by atoms with Crippen LogP contribution in [0.5, 0.6) is 0 Å². The average molecular weight is 242 g/mol. The summed E-state index contributed by atoms with van der Waals surface area (Å²) in [5, 5.41) is 8.17. The molecule has 0 heterocycles. The topological polar surface area (TPSA) is 46.5 Å². The fourth-order valence-corrected chi connectivity index (χ4v) is 0.891. The Morgan fingerprint density at radius 3 is 2.78 bits per heavy atom. The molecule has 0 radical (unpaired) electrons. The molecule has 0 aliphatic rings. The zero-order chi connectivity index (χ0) is 7.28. The quantitative estimate of drug-likeness (QED) is 0.594. The van der Waals surface area contributed by atoms with Gasteiger partial charge in [0.2, 0.25) is 0 Å². The van der Waals surface area contributed by atoms with Crippen LogP contribution < -0.4 is 0 Å². The number of rotatable bonds is 3. The highest BCUT2D eigenvalue weighted by molar-refractivity contribution is 14.1. The zero-order valence-corrected chi connectivity index (χ0v) is 7.08. The molecule has 52 valence electrons. The number of halogens is 1. The predicted molar refractivity (Wildman–Crippen MR) is 41.6 cm³/mol. The molecule has 0 saturated heterocycles. The van der Waals surface area contributed by atoms with Crippen LogP contribution in [0.3, 0.4) is 0 Å². The lowest BCUT2D eigenvalue weighted by molar-refractivity contribution is -0.131. The summed E-state index contributed by atoms with van der Waals surface area (Å²) in [4.78, 5) is 9.95. The Balaban J connectivity index is 3.69. The summed E-state index contributed by atoms with van der Waals surface area (Å²) >= 11 is 1.91. The molecule has 0 amide bonds. The summed E-state index contributed by atoms with van der Waals surface area (Å²) in [6.45, 7) is 0.368. The highest BCUT2D eigenvalue weighted by atomic mass is 127. The van der Waals surface area contributed by atoms with Crippen LogP contribution in [0.25, 0.3) is 0 Å². The number of methoxy groups -OCH3 is 1. The smallest absolute Gasteiger partial charge is 0.329 e. The Hall–Kier alpha value is -0.100. The predicted octanol–water partition coefficient (Wildman–Crippen LogP) is 1.04. The van der Waals surface area contributed by atoms with Crippen LogP contribution in [-0.4, -0.2) is 24.8 Å². The fourth-order valence-electron chi connectivity index (χ4n) is 0.314. The second kappa shape index (κ2) is 4.75. The number of ether oxygens (including phenoxy) is 1. The average Bonchev–Trinajstić information content (AvgIpc) is 1.63. The van der Waals surface area contributed by atoms with Crippen molar-refractivity contribution in [3.63, 3.8) is 0 Å². The molecule has 0 spiro atoms. The Kier molecular flexibility index (Phi) is 4.70. The van der Waals surface area contributed by atoms with Gasteiger partial charge in [-0.05, 0) is 22.6 Å². The second-order valence-electron chi connectivity index (χ2n) is 1.36. The van der Waals surface area contributed by atoms with Gasteiger partial charge in [-0.15, -0.1) is 0 Å². The van der Waals surface area contributed by atoms with Crippen molar-refractivity contribution in [2.45, 2.75) is 0 Å². The van der Waals surface area contributed by atoms with E-state index in [1.165, 1.54) is 7.11 Å². The van der Waals surface area contributed by atoms with Gasteiger partial charge in [0.15, 0.2) is 0 Å². The summed E-state index contributed by atoms with van der Waals surface area (Å²) in [5.74, 6) is -0.934. The van der Waals surface area contributed by atoms with Gasteiger partial charge in [0.05, 0.1) is 6.61 Å². The van der Waals surface area contributed by atoms with Crippen LogP contribution in [0.4, 0.5) is 0 Å². The SMILES string of the molecule is COC/C(I)=C/C(=O)O. The summed E-state index contributed by atoms with van der Waals surface area (Å²) in [6, 6.07) is 0. The molecule has 0 aliphatic heterocycles. The first-order valence-electron chi connectivity index (χ1n) is 2.24. The van der Waals surface area contributed by atoms with Gasteiger partial charge < -0.3 is 9.84 Å². The molecule has 9 heavy (non-hydrogen) atoms. The van der Waals surface area contributed by atoms with Crippen molar-refractivity contribution in [3.8, 4) is 0 Å². The summed E-state index contributed by atoms with van der Waals surface area (Å²) in [6.07, 6.45) is 1.12. The van der Waals surface area contributed by atoms with Gasteiger partial charge in [0.25, 0.3) is 0 Å². The third-order valence-electron chi connectivity index (χ3n) is 0.562. The summed E-state index contributed by atoms with van der Waals surface area (Å²) < 4.78 is 5.35. The molecule has 0 saturated carbocycles. The third kappa shape index (κ3) is 5.78. The number of hydrogen-bond acceptors (Lipinski definition) is 2. The molecular weight excluding hydrogens is 235 g/mol. The molecule has 1 N–H and O–H groups in total. The number of hydrogen-bond donors (Lipinski definition) is 1. The molecule has 0 aliphatic carbocycles. The van der Waals surface area contributed by atoms with Crippen molar-refractivity contribution in [1.29, 1.82) is 0 Å². The van der Waals surface area contributed by atoms with Crippen LogP contribution in [0.15, 0.2) is 9.66 Å². The van der Waals surface area contributed by atoms with E-state index in [1.54, 1.807) is 0 Å². The second-order valence-corrected chi connectivity index (χ2v) is 2.75. The number of carbonyl (C=O) groups is 1. The van der Waals surface area contributed by atoms with Gasteiger partial charge in [-0.2, -0.15) is 0 Å². The van der Waals surface area contributed by atoms with E-state index in [9.17, 15) is 4.79 Å². The minimum Gasteiger partial charge on any atom is -0.478 e. The van der Waals surface area contributed by atoms with E-state index in [-0.39, 0.29) is 0 Å². The number of carboxylic acid groups (broad SMARTS) is 1. The van der Waals surface area contributed by atoms with Crippen LogP contribution >= 0.6 is 22.6 Å². The zero-order valence-electron chi connectivity index (χ0n) is 4.93. The van der Waals surface area contributed by atoms with E-state index >= 15 is 0 Å². The highest BCUT2D eigenvalue weighted by Crippen LogP contribution is 2.04. The normalized spacial score (nSPS) is 11.6. The highest BCUT2D eigenvalue weighted by Gasteiger charge is 1.92. The Morgan fingerprint density at radius 1 is 1.89 bits per heavy atom. The van der Waals surface area contributed by atoms with Crippen molar-refractivity contribution in [1.82, 2.24) is 0 Å². The Bertz CT molecular complexity index is 130. The van der Waals surface area contributed by atoms with Crippen LogP contribution in [0.2, 0.25) is 0 Å². The van der Waals surface area contributed by atoms with E-state index in [0.717, 1.165) is 6.08 Å². The molecule has 4 heteroatoms. The standard InChI is InChI=1S/C5H7IO3/c1-9-3-4(6)2-5(7)8/h2H,3H2,1H3,(H,7,8)/b4-2-.